The predicted molar refractivity (Wildman–Crippen MR) is 47.7 cm³/mol. The molecule has 0 saturated heterocycles. The minimum atomic E-state index is -0.371. The number of urea groups is 1. The van der Waals surface area contributed by atoms with Gasteiger partial charge < -0.3 is 9.73 Å². The van der Waals surface area contributed by atoms with Crippen LogP contribution in [0.4, 0.5) is 4.79 Å². The average molecular weight is 194 g/mol. The highest BCUT2D eigenvalue weighted by molar-refractivity contribution is 6.05. The fourth-order valence-corrected chi connectivity index (χ4v) is 1.44. The van der Waals surface area contributed by atoms with E-state index in [0.29, 0.717) is 17.9 Å². The van der Waals surface area contributed by atoms with Crippen molar-refractivity contribution in [1.29, 1.82) is 0 Å². The van der Waals surface area contributed by atoms with Crippen molar-refractivity contribution in [2.45, 2.75) is 13.5 Å². The molecule has 1 aliphatic rings. The van der Waals surface area contributed by atoms with Gasteiger partial charge in [-0.15, -0.1) is 0 Å². The third-order valence-electron chi connectivity index (χ3n) is 2.18. The number of hydrogen-bond acceptors (Lipinski definition) is 3. The van der Waals surface area contributed by atoms with Crippen molar-refractivity contribution in [2.75, 3.05) is 6.54 Å². The van der Waals surface area contributed by atoms with Crippen LogP contribution in [0.25, 0.3) is 0 Å². The summed E-state index contributed by atoms with van der Waals surface area (Å²) >= 11 is 0. The highest BCUT2D eigenvalue weighted by Gasteiger charge is 2.28. The zero-order valence-corrected chi connectivity index (χ0v) is 7.74. The number of nitrogens with zero attached hydrogens (tertiary/aromatic N) is 1. The van der Waals surface area contributed by atoms with Gasteiger partial charge in [-0.3, -0.25) is 9.69 Å². The molecule has 5 heteroatoms. The van der Waals surface area contributed by atoms with Gasteiger partial charge in [0.15, 0.2) is 0 Å². The highest BCUT2D eigenvalue weighted by atomic mass is 16.3. The van der Waals surface area contributed by atoms with E-state index in [9.17, 15) is 9.59 Å². The smallest absolute Gasteiger partial charge is 0.324 e. The topological polar surface area (TPSA) is 62.6 Å². The molecule has 2 heterocycles. The van der Waals surface area contributed by atoms with Crippen molar-refractivity contribution < 1.29 is 14.0 Å². The summed E-state index contributed by atoms with van der Waals surface area (Å²) < 4.78 is 5.09. The molecular weight excluding hydrogens is 184 g/mol. The van der Waals surface area contributed by atoms with E-state index in [1.807, 2.05) is 0 Å². The van der Waals surface area contributed by atoms with Crippen LogP contribution in [0.5, 0.6) is 0 Å². The molecular formula is C9H10N2O3. The molecule has 0 saturated carbocycles. The van der Waals surface area contributed by atoms with E-state index in [2.05, 4.69) is 5.32 Å². The fourth-order valence-electron chi connectivity index (χ4n) is 1.44. The van der Waals surface area contributed by atoms with Crippen molar-refractivity contribution >= 4 is 11.9 Å². The molecule has 2 rings (SSSR count). The molecule has 0 unspecified atom stereocenters. The maximum Gasteiger partial charge on any atom is 0.324 e. The molecule has 0 bridgehead atoms. The molecule has 5 nitrogen and oxygen atoms in total. The van der Waals surface area contributed by atoms with Gasteiger partial charge in [-0.05, 0) is 13.0 Å². The molecule has 1 aromatic rings. The van der Waals surface area contributed by atoms with Crippen molar-refractivity contribution in [3.8, 4) is 0 Å². The van der Waals surface area contributed by atoms with Gasteiger partial charge in [0, 0.05) is 6.54 Å². The predicted octanol–water partition coefficient (Wildman–Crippen LogP) is 0.965. The SMILES string of the molecule is CCN1C(=O)NCc2occc2C1=O. The first-order chi connectivity index (χ1) is 6.74. The summed E-state index contributed by atoms with van der Waals surface area (Å²) in [6.07, 6.45) is 1.45. The van der Waals surface area contributed by atoms with Gasteiger partial charge in [0.1, 0.15) is 5.76 Å². The van der Waals surface area contributed by atoms with E-state index in [4.69, 9.17) is 4.42 Å². The highest BCUT2D eigenvalue weighted by Crippen LogP contribution is 2.16. The number of carbonyl (C=O) groups is 2. The number of amides is 3. The van der Waals surface area contributed by atoms with E-state index >= 15 is 0 Å². The average Bonchev–Trinajstić information content (AvgIpc) is 2.59. The van der Waals surface area contributed by atoms with Gasteiger partial charge in [-0.1, -0.05) is 0 Å². The molecule has 0 aliphatic carbocycles. The van der Waals surface area contributed by atoms with Gasteiger partial charge in [0.25, 0.3) is 5.91 Å². The van der Waals surface area contributed by atoms with Crippen LogP contribution < -0.4 is 5.32 Å². The summed E-state index contributed by atoms with van der Waals surface area (Å²) in [5, 5.41) is 2.59. The number of rotatable bonds is 1. The lowest BCUT2D eigenvalue weighted by atomic mass is 10.2. The van der Waals surface area contributed by atoms with Gasteiger partial charge in [-0.25, -0.2) is 4.79 Å². The Morgan fingerprint density at radius 3 is 3.07 bits per heavy atom. The molecule has 1 N–H and O–H groups in total. The Morgan fingerprint density at radius 2 is 2.36 bits per heavy atom. The van der Waals surface area contributed by atoms with E-state index in [1.54, 1.807) is 13.0 Å². The van der Waals surface area contributed by atoms with Crippen LogP contribution >= 0.6 is 0 Å². The maximum atomic E-state index is 11.7. The van der Waals surface area contributed by atoms with Crippen LogP contribution in [0.3, 0.4) is 0 Å². The first-order valence-electron chi connectivity index (χ1n) is 4.40. The largest absolute Gasteiger partial charge is 0.467 e. The number of hydrogen-bond donors (Lipinski definition) is 1. The van der Waals surface area contributed by atoms with E-state index < -0.39 is 0 Å². The Hall–Kier alpha value is -1.78. The minimum Gasteiger partial charge on any atom is -0.467 e. The summed E-state index contributed by atoms with van der Waals surface area (Å²) in [5.41, 5.74) is 0.463. The number of imide groups is 1. The lowest BCUT2D eigenvalue weighted by Gasteiger charge is -2.15. The molecule has 0 radical (unpaired) electrons. The van der Waals surface area contributed by atoms with Gasteiger partial charge in [-0.2, -0.15) is 0 Å². The molecule has 0 spiro atoms. The summed E-state index contributed by atoms with van der Waals surface area (Å²) in [5.74, 6) is 0.213. The first kappa shape index (κ1) is 8.80. The third-order valence-corrected chi connectivity index (χ3v) is 2.18. The van der Waals surface area contributed by atoms with Gasteiger partial charge in [0.2, 0.25) is 0 Å². The van der Waals surface area contributed by atoms with Crippen molar-refractivity contribution in [1.82, 2.24) is 10.2 Å². The van der Waals surface area contributed by atoms with Crippen LogP contribution in [-0.2, 0) is 6.54 Å². The molecule has 0 fully saturated rings. The second-order valence-corrected chi connectivity index (χ2v) is 2.97. The second kappa shape index (κ2) is 3.17. The zero-order valence-electron chi connectivity index (χ0n) is 7.74. The quantitative estimate of drug-likeness (QED) is 0.724. The minimum absolute atomic E-state index is 0.267. The molecule has 1 aromatic heterocycles. The van der Waals surface area contributed by atoms with Gasteiger partial charge in [0.05, 0.1) is 18.4 Å². The lowest BCUT2D eigenvalue weighted by molar-refractivity contribution is 0.0812. The Labute approximate surface area is 80.7 Å². The summed E-state index contributed by atoms with van der Waals surface area (Å²) in [7, 11) is 0. The number of fused-ring (bicyclic) bond motifs is 1. The zero-order chi connectivity index (χ0) is 10.1. The van der Waals surface area contributed by atoms with Crippen LogP contribution in [0, 0.1) is 0 Å². The van der Waals surface area contributed by atoms with Crippen LogP contribution in [0.2, 0.25) is 0 Å². The summed E-state index contributed by atoms with van der Waals surface area (Å²) in [4.78, 5) is 24.3. The monoisotopic (exact) mass is 194 g/mol. The van der Waals surface area contributed by atoms with Crippen molar-refractivity contribution in [3.63, 3.8) is 0 Å². The molecule has 74 valence electrons. The van der Waals surface area contributed by atoms with E-state index in [1.165, 1.54) is 6.26 Å². The number of carbonyl (C=O) groups excluding carboxylic acids is 2. The number of nitrogens with one attached hydrogen (secondary N) is 1. The van der Waals surface area contributed by atoms with Crippen molar-refractivity contribution in [2.24, 2.45) is 0 Å². The normalized spacial score (nSPS) is 16.2. The standard InChI is InChI=1S/C9H10N2O3/c1-2-11-8(12)6-3-4-14-7(6)5-10-9(11)13/h3-4H,2,5H2,1H3,(H,10,13). The molecule has 14 heavy (non-hydrogen) atoms. The summed E-state index contributed by atoms with van der Waals surface area (Å²) in [6, 6.07) is 1.21. The van der Waals surface area contributed by atoms with Crippen molar-refractivity contribution in [3.05, 3.63) is 23.7 Å². The Kier molecular flexibility index (Phi) is 1.99. The van der Waals surface area contributed by atoms with Crippen LogP contribution in [0.1, 0.15) is 23.0 Å². The fraction of sp³-hybridized carbons (Fsp3) is 0.333. The van der Waals surface area contributed by atoms with E-state index in [-0.39, 0.29) is 18.5 Å². The Bertz CT molecular complexity index is 383. The van der Waals surface area contributed by atoms with Crippen LogP contribution in [0.15, 0.2) is 16.7 Å². The van der Waals surface area contributed by atoms with Gasteiger partial charge >= 0.3 is 6.03 Å². The molecule has 1 aliphatic heterocycles. The second-order valence-electron chi connectivity index (χ2n) is 2.97. The van der Waals surface area contributed by atoms with Crippen LogP contribution in [-0.4, -0.2) is 23.4 Å². The third kappa shape index (κ3) is 1.17. The number of furan rings is 1. The Balaban J connectivity index is 2.42. The Morgan fingerprint density at radius 1 is 1.57 bits per heavy atom. The first-order valence-corrected chi connectivity index (χ1v) is 4.40. The summed E-state index contributed by atoms with van der Waals surface area (Å²) in [6.45, 7) is 2.38. The maximum absolute atomic E-state index is 11.7. The molecule has 0 atom stereocenters. The lowest BCUT2D eigenvalue weighted by Crippen LogP contribution is -2.40. The molecule has 3 amide bonds. The molecule has 0 aromatic carbocycles. The van der Waals surface area contributed by atoms with E-state index in [0.717, 1.165) is 4.90 Å².